The fraction of sp³-hybridized carbons (Fsp3) is 0.571. The van der Waals surface area contributed by atoms with Crippen molar-refractivity contribution >= 4 is 10.0 Å². The summed E-state index contributed by atoms with van der Waals surface area (Å²) in [6.07, 6.45) is 0.638. The van der Waals surface area contributed by atoms with Crippen molar-refractivity contribution in [3.8, 4) is 5.75 Å². The van der Waals surface area contributed by atoms with Gasteiger partial charge in [0.15, 0.2) is 0 Å². The molecule has 0 spiro atoms. The molecule has 1 N–H and O–H groups in total. The van der Waals surface area contributed by atoms with Crippen molar-refractivity contribution in [1.82, 2.24) is 4.72 Å². The van der Waals surface area contributed by atoms with Gasteiger partial charge in [-0.3, -0.25) is 0 Å². The van der Waals surface area contributed by atoms with Crippen LogP contribution in [0.3, 0.4) is 0 Å². The van der Waals surface area contributed by atoms with E-state index in [9.17, 15) is 8.42 Å². The van der Waals surface area contributed by atoms with Crippen molar-refractivity contribution in [3.05, 3.63) is 23.3 Å². The molecule has 0 unspecified atom stereocenters. The topological polar surface area (TPSA) is 64.6 Å². The van der Waals surface area contributed by atoms with Crippen LogP contribution in [0.15, 0.2) is 17.0 Å². The molecule has 0 aliphatic carbocycles. The minimum Gasteiger partial charge on any atom is -0.494 e. The first-order valence-corrected chi connectivity index (χ1v) is 8.13. The highest BCUT2D eigenvalue weighted by atomic mass is 32.2. The zero-order valence-electron chi connectivity index (χ0n) is 12.5. The van der Waals surface area contributed by atoms with E-state index in [0.29, 0.717) is 37.5 Å². The molecule has 20 heavy (non-hydrogen) atoms. The molecule has 114 valence electrons. The Morgan fingerprint density at radius 2 is 1.90 bits per heavy atom. The Labute approximate surface area is 121 Å². The van der Waals surface area contributed by atoms with Gasteiger partial charge in [-0.15, -0.1) is 0 Å². The number of hydrogen-bond acceptors (Lipinski definition) is 4. The second kappa shape index (κ2) is 7.61. The van der Waals surface area contributed by atoms with Crippen LogP contribution in [0.25, 0.3) is 0 Å². The first kappa shape index (κ1) is 16.9. The number of ether oxygens (including phenoxy) is 2. The highest BCUT2D eigenvalue weighted by Gasteiger charge is 2.18. The minimum atomic E-state index is -3.51. The van der Waals surface area contributed by atoms with Crippen LogP contribution in [-0.4, -0.2) is 35.3 Å². The molecule has 1 aromatic rings. The molecular weight excluding hydrogens is 278 g/mol. The van der Waals surface area contributed by atoms with Crippen molar-refractivity contribution < 1.29 is 17.9 Å². The van der Waals surface area contributed by atoms with E-state index in [1.165, 1.54) is 0 Å². The molecule has 0 fully saturated rings. The van der Waals surface area contributed by atoms with Crippen molar-refractivity contribution in [3.63, 3.8) is 0 Å². The molecule has 0 heterocycles. The number of sulfonamides is 1. The lowest BCUT2D eigenvalue weighted by Gasteiger charge is -2.13. The molecule has 0 aliphatic heterocycles. The Morgan fingerprint density at radius 3 is 2.50 bits per heavy atom. The molecule has 0 aliphatic rings. The van der Waals surface area contributed by atoms with Gasteiger partial charge >= 0.3 is 0 Å². The molecule has 0 saturated carbocycles. The molecule has 0 amide bonds. The largest absolute Gasteiger partial charge is 0.494 e. The first-order valence-electron chi connectivity index (χ1n) is 6.65. The Hall–Kier alpha value is -1.11. The van der Waals surface area contributed by atoms with Gasteiger partial charge in [0.1, 0.15) is 5.75 Å². The second-order valence-corrected chi connectivity index (χ2v) is 6.30. The normalized spacial score (nSPS) is 11.6. The van der Waals surface area contributed by atoms with Gasteiger partial charge in [0.2, 0.25) is 10.0 Å². The summed E-state index contributed by atoms with van der Waals surface area (Å²) in [4.78, 5) is 0.268. The summed E-state index contributed by atoms with van der Waals surface area (Å²) in [7, 11) is -1.92. The van der Waals surface area contributed by atoms with Crippen molar-refractivity contribution in [2.45, 2.75) is 32.1 Å². The van der Waals surface area contributed by atoms with Crippen molar-refractivity contribution in [2.75, 3.05) is 26.9 Å². The summed E-state index contributed by atoms with van der Waals surface area (Å²) in [5.41, 5.74) is 1.65. The van der Waals surface area contributed by atoms with E-state index in [2.05, 4.69) is 4.72 Å². The lowest BCUT2D eigenvalue weighted by atomic mass is 10.1. The Morgan fingerprint density at radius 1 is 1.20 bits per heavy atom. The summed E-state index contributed by atoms with van der Waals surface area (Å²) in [5.74, 6) is 0.607. The van der Waals surface area contributed by atoms with Crippen LogP contribution >= 0.6 is 0 Å². The van der Waals surface area contributed by atoms with Crippen LogP contribution in [0, 0.1) is 13.8 Å². The third kappa shape index (κ3) is 4.47. The van der Waals surface area contributed by atoms with Gasteiger partial charge in [-0.1, -0.05) is 6.07 Å². The van der Waals surface area contributed by atoms with Crippen LogP contribution in [0.5, 0.6) is 5.75 Å². The monoisotopic (exact) mass is 301 g/mol. The van der Waals surface area contributed by atoms with Crippen LogP contribution in [0.4, 0.5) is 0 Å². The highest BCUT2D eigenvalue weighted by molar-refractivity contribution is 7.89. The summed E-state index contributed by atoms with van der Waals surface area (Å²) >= 11 is 0. The van der Waals surface area contributed by atoms with E-state index < -0.39 is 10.0 Å². The molecule has 0 aromatic heterocycles. The molecule has 0 radical (unpaired) electrons. The zero-order valence-corrected chi connectivity index (χ0v) is 13.3. The Kier molecular flexibility index (Phi) is 6.45. The maximum absolute atomic E-state index is 12.3. The number of methoxy groups -OCH3 is 1. The molecule has 6 heteroatoms. The highest BCUT2D eigenvalue weighted by Crippen LogP contribution is 2.26. The Bertz CT molecular complexity index is 540. The third-order valence-electron chi connectivity index (χ3n) is 2.88. The van der Waals surface area contributed by atoms with Crippen LogP contribution in [0.2, 0.25) is 0 Å². The average Bonchev–Trinajstić information content (AvgIpc) is 2.38. The van der Waals surface area contributed by atoms with Gasteiger partial charge in [0.25, 0.3) is 0 Å². The smallest absolute Gasteiger partial charge is 0.240 e. The van der Waals surface area contributed by atoms with E-state index in [0.717, 1.165) is 5.56 Å². The predicted molar refractivity (Wildman–Crippen MR) is 78.8 cm³/mol. The van der Waals surface area contributed by atoms with Gasteiger partial charge in [-0.25, -0.2) is 13.1 Å². The number of nitrogens with one attached hydrogen (secondary N) is 1. The zero-order chi connectivity index (χ0) is 15.2. The third-order valence-corrected chi connectivity index (χ3v) is 4.48. The maximum Gasteiger partial charge on any atom is 0.240 e. The van der Waals surface area contributed by atoms with E-state index in [1.54, 1.807) is 20.1 Å². The lowest BCUT2D eigenvalue weighted by Crippen LogP contribution is -2.26. The van der Waals surface area contributed by atoms with E-state index in [-0.39, 0.29) is 4.90 Å². The summed E-state index contributed by atoms with van der Waals surface area (Å²) in [6, 6.07) is 3.42. The Balaban J connectivity index is 2.96. The molecular formula is C14H23NO4S. The van der Waals surface area contributed by atoms with E-state index in [4.69, 9.17) is 9.47 Å². The predicted octanol–water partition coefficient (Wildman–Crippen LogP) is 2.02. The fourth-order valence-electron chi connectivity index (χ4n) is 1.92. The molecule has 1 rings (SSSR count). The first-order chi connectivity index (χ1) is 9.42. The summed E-state index contributed by atoms with van der Waals surface area (Å²) in [5, 5.41) is 0. The standard InChI is InChI=1S/C14H23NO4S/c1-5-19-13-10-14(12(3)9-11(13)2)20(16,17)15-7-6-8-18-4/h9-10,15H,5-8H2,1-4H3. The van der Waals surface area contributed by atoms with Crippen LogP contribution in [-0.2, 0) is 14.8 Å². The summed E-state index contributed by atoms with van der Waals surface area (Å²) in [6.45, 7) is 6.95. The fourth-order valence-corrected chi connectivity index (χ4v) is 3.23. The van der Waals surface area contributed by atoms with Crippen molar-refractivity contribution in [2.24, 2.45) is 0 Å². The van der Waals surface area contributed by atoms with Crippen LogP contribution in [0.1, 0.15) is 24.5 Å². The van der Waals surface area contributed by atoms with Crippen LogP contribution < -0.4 is 9.46 Å². The quantitative estimate of drug-likeness (QED) is 0.746. The van der Waals surface area contributed by atoms with Gasteiger partial charge in [-0.05, 0) is 38.3 Å². The molecule has 0 bridgehead atoms. The van der Waals surface area contributed by atoms with Gasteiger partial charge in [0.05, 0.1) is 11.5 Å². The number of benzene rings is 1. The SMILES string of the molecule is CCOc1cc(S(=O)(=O)NCCCOC)c(C)cc1C. The van der Waals surface area contributed by atoms with E-state index in [1.807, 2.05) is 19.9 Å². The number of hydrogen-bond donors (Lipinski definition) is 1. The minimum absolute atomic E-state index is 0.268. The maximum atomic E-state index is 12.3. The molecule has 1 aromatic carbocycles. The number of aryl methyl sites for hydroxylation is 2. The molecule has 0 saturated heterocycles. The number of rotatable bonds is 8. The average molecular weight is 301 g/mol. The van der Waals surface area contributed by atoms with E-state index >= 15 is 0 Å². The summed E-state index contributed by atoms with van der Waals surface area (Å²) < 4.78 is 37.5. The lowest BCUT2D eigenvalue weighted by molar-refractivity contribution is 0.196. The second-order valence-electron chi connectivity index (χ2n) is 4.56. The van der Waals surface area contributed by atoms with Gasteiger partial charge < -0.3 is 9.47 Å². The van der Waals surface area contributed by atoms with Crippen molar-refractivity contribution in [1.29, 1.82) is 0 Å². The van der Waals surface area contributed by atoms with Gasteiger partial charge in [-0.2, -0.15) is 0 Å². The van der Waals surface area contributed by atoms with Gasteiger partial charge in [0, 0.05) is 26.3 Å². The molecule has 5 nitrogen and oxygen atoms in total. The molecule has 0 atom stereocenters.